The fraction of sp³-hybridized carbons (Fsp3) is 0.429. The van der Waals surface area contributed by atoms with Gasteiger partial charge in [-0.2, -0.15) is 13.2 Å². The molecule has 1 amide bonds. The van der Waals surface area contributed by atoms with Crippen molar-refractivity contribution in [1.29, 1.82) is 0 Å². The molecule has 1 aromatic carbocycles. The number of aliphatic carboxylic acids is 1. The summed E-state index contributed by atoms with van der Waals surface area (Å²) in [7, 11) is 1.64. The largest absolute Gasteiger partial charge is 0.490 e. The summed E-state index contributed by atoms with van der Waals surface area (Å²) >= 11 is 0. The van der Waals surface area contributed by atoms with Crippen LogP contribution in [-0.4, -0.2) is 42.9 Å². The Kier molecular flexibility index (Phi) is 6.36. The number of carbonyl (C=O) groups is 2. The van der Waals surface area contributed by atoms with Crippen LogP contribution in [0.4, 0.5) is 13.2 Å². The van der Waals surface area contributed by atoms with Gasteiger partial charge in [-0.15, -0.1) is 0 Å². The smallest absolute Gasteiger partial charge is 0.475 e. The van der Waals surface area contributed by atoms with Crippen LogP contribution in [0.1, 0.15) is 17.9 Å². The zero-order chi connectivity index (χ0) is 16.8. The lowest BCUT2D eigenvalue weighted by molar-refractivity contribution is -0.192. The van der Waals surface area contributed by atoms with Gasteiger partial charge in [0.1, 0.15) is 6.10 Å². The molecule has 122 valence electrons. The number of ether oxygens (including phenoxy) is 1. The first-order chi connectivity index (χ1) is 10.3. The van der Waals surface area contributed by atoms with Crippen LogP contribution >= 0.6 is 0 Å². The maximum atomic E-state index is 11.6. The van der Waals surface area contributed by atoms with Crippen LogP contribution in [0.3, 0.4) is 0 Å². The summed E-state index contributed by atoms with van der Waals surface area (Å²) in [6, 6.07) is 10.1. The minimum atomic E-state index is -5.08. The molecule has 1 aliphatic heterocycles. The summed E-state index contributed by atoms with van der Waals surface area (Å²) in [5, 5.41) is 9.77. The van der Waals surface area contributed by atoms with Gasteiger partial charge >= 0.3 is 12.1 Å². The molecule has 0 saturated carbocycles. The predicted molar refractivity (Wildman–Crippen MR) is 71.3 cm³/mol. The van der Waals surface area contributed by atoms with E-state index in [2.05, 4.69) is 17.4 Å². The van der Waals surface area contributed by atoms with Gasteiger partial charge in [0.2, 0.25) is 5.91 Å². The molecule has 1 fully saturated rings. The summed E-state index contributed by atoms with van der Waals surface area (Å²) in [6.45, 7) is 0.664. The number of benzene rings is 1. The molecule has 2 rings (SSSR count). The third-order valence-corrected chi connectivity index (χ3v) is 3.07. The third-order valence-electron chi connectivity index (χ3n) is 3.07. The van der Waals surface area contributed by atoms with Crippen molar-refractivity contribution in [2.45, 2.75) is 24.6 Å². The van der Waals surface area contributed by atoms with Gasteiger partial charge in [0.25, 0.3) is 0 Å². The number of nitrogens with one attached hydrogen (secondary N) is 1. The van der Waals surface area contributed by atoms with Gasteiger partial charge in [-0.1, -0.05) is 30.3 Å². The Morgan fingerprint density at radius 2 is 1.82 bits per heavy atom. The van der Waals surface area contributed by atoms with E-state index in [0.717, 1.165) is 6.42 Å². The Bertz CT molecular complexity index is 505. The number of likely N-dealkylation sites (N-methyl/N-ethyl adjacent to an activating group) is 1. The molecule has 1 aromatic rings. The molecule has 1 heterocycles. The number of halogens is 3. The molecule has 2 N–H and O–H groups in total. The second-order valence-corrected chi connectivity index (χ2v) is 4.51. The maximum absolute atomic E-state index is 11.6. The Morgan fingerprint density at radius 1 is 1.27 bits per heavy atom. The fourth-order valence-corrected chi connectivity index (χ4v) is 2.03. The molecule has 1 saturated heterocycles. The van der Waals surface area contributed by atoms with E-state index in [-0.39, 0.29) is 17.9 Å². The molecule has 0 aromatic heterocycles. The summed E-state index contributed by atoms with van der Waals surface area (Å²) in [6.07, 6.45) is -4.49. The van der Waals surface area contributed by atoms with Crippen LogP contribution in [0.25, 0.3) is 0 Å². The summed E-state index contributed by atoms with van der Waals surface area (Å²) < 4.78 is 37.2. The second-order valence-electron chi connectivity index (χ2n) is 4.51. The van der Waals surface area contributed by atoms with Crippen LogP contribution in [0.2, 0.25) is 0 Å². The Balaban J connectivity index is 0.000000295. The molecule has 0 bridgehead atoms. The number of carbonyl (C=O) groups excluding carboxylic acids is 1. The lowest BCUT2D eigenvalue weighted by Gasteiger charge is -2.16. The van der Waals surface area contributed by atoms with Crippen molar-refractivity contribution in [3.05, 3.63) is 35.9 Å². The molecule has 8 heteroatoms. The summed E-state index contributed by atoms with van der Waals surface area (Å²) in [5.74, 6) is -2.58. The molecule has 0 spiro atoms. The molecule has 22 heavy (non-hydrogen) atoms. The van der Waals surface area contributed by atoms with Gasteiger partial charge in [-0.3, -0.25) is 4.79 Å². The van der Waals surface area contributed by atoms with E-state index in [1.807, 2.05) is 18.2 Å². The van der Waals surface area contributed by atoms with E-state index in [1.54, 1.807) is 7.05 Å². The van der Waals surface area contributed by atoms with Gasteiger partial charge < -0.3 is 15.2 Å². The monoisotopic (exact) mass is 319 g/mol. The number of carboxylic acids is 1. The van der Waals surface area contributed by atoms with Crippen LogP contribution in [0.5, 0.6) is 0 Å². The zero-order valence-electron chi connectivity index (χ0n) is 11.8. The van der Waals surface area contributed by atoms with Crippen LogP contribution in [0.15, 0.2) is 30.3 Å². The average Bonchev–Trinajstić information content (AvgIpc) is 2.96. The number of rotatable bonds is 2. The minimum absolute atomic E-state index is 0.0265. The van der Waals surface area contributed by atoms with Crippen molar-refractivity contribution < 1.29 is 32.6 Å². The summed E-state index contributed by atoms with van der Waals surface area (Å²) in [5.41, 5.74) is 1.18. The third kappa shape index (κ3) is 5.03. The molecule has 5 nitrogen and oxygen atoms in total. The van der Waals surface area contributed by atoms with Crippen molar-refractivity contribution in [1.82, 2.24) is 5.32 Å². The quantitative estimate of drug-likeness (QED) is 0.873. The van der Waals surface area contributed by atoms with Crippen LogP contribution in [0, 0.1) is 0 Å². The van der Waals surface area contributed by atoms with Crippen molar-refractivity contribution in [3.8, 4) is 0 Å². The summed E-state index contributed by atoms with van der Waals surface area (Å²) in [4.78, 5) is 20.5. The van der Waals surface area contributed by atoms with Crippen molar-refractivity contribution >= 4 is 11.9 Å². The highest BCUT2D eigenvalue weighted by atomic mass is 19.4. The SMILES string of the molecule is CNC(=O)C1OCCC1c1ccccc1.O=C(O)C(F)(F)F. The van der Waals surface area contributed by atoms with E-state index >= 15 is 0 Å². The lowest BCUT2D eigenvalue weighted by Crippen LogP contribution is -2.34. The minimum Gasteiger partial charge on any atom is -0.475 e. The van der Waals surface area contributed by atoms with Crippen LogP contribution < -0.4 is 5.32 Å². The normalized spacial score (nSPS) is 20.7. The molecule has 2 atom stereocenters. The van der Waals surface area contributed by atoms with E-state index < -0.39 is 12.1 Å². The Labute approximate surface area is 125 Å². The lowest BCUT2D eigenvalue weighted by atomic mass is 9.92. The van der Waals surface area contributed by atoms with E-state index in [0.29, 0.717) is 6.61 Å². The van der Waals surface area contributed by atoms with Gasteiger partial charge in [0, 0.05) is 19.6 Å². The number of alkyl halides is 3. The Morgan fingerprint density at radius 3 is 2.27 bits per heavy atom. The first-order valence-corrected chi connectivity index (χ1v) is 6.45. The van der Waals surface area contributed by atoms with Gasteiger partial charge in [-0.05, 0) is 12.0 Å². The zero-order valence-corrected chi connectivity index (χ0v) is 11.8. The topological polar surface area (TPSA) is 75.6 Å². The number of hydrogen-bond donors (Lipinski definition) is 2. The number of hydrogen-bond acceptors (Lipinski definition) is 3. The van der Waals surface area contributed by atoms with E-state index in [1.165, 1.54) is 5.56 Å². The maximum Gasteiger partial charge on any atom is 0.490 e. The number of carboxylic acid groups (broad SMARTS) is 1. The molecule has 2 unspecified atom stereocenters. The van der Waals surface area contributed by atoms with Crippen molar-refractivity contribution in [3.63, 3.8) is 0 Å². The molecular weight excluding hydrogens is 303 g/mol. The van der Waals surface area contributed by atoms with Gasteiger partial charge in [-0.25, -0.2) is 4.79 Å². The Hall–Kier alpha value is -2.09. The van der Waals surface area contributed by atoms with Crippen molar-refractivity contribution in [2.75, 3.05) is 13.7 Å². The molecule has 0 aliphatic carbocycles. The highest BCUT2D eigenvalue weighted by Gasteiger charge is 2.38. The molecule has 0 radical (unpaired) electrons. The number of amides is 1. The predicted octanol–water partition coefficient (Wildman–Crippen LogP) is 1.94. The van der Waals surface area contributed by atoms with E-state index in [4.69, 9.17) is 14.6 Å². The second kappa shape index (κ2) is 7.79. The first-order valence-electron chi connectivity index (χ1n) is 6.45. The van der Waals surface area contributed by atoms with Crippen molar-refractivity contribution in [2.24, 2.45) is 0 Å². The molecular formula is C14H16F3NO4. The standard InChI is InChI=1S/C12H15NO2.C2HF3O2/c1-13-12(14)11-10(7-8-15-11)9-5-3-2-4-6-9;3-2(4,5)1(6)7/h2-6,10-11H,7-8H2,1H3,(H,13,14);(H,6,7). The average molecular weight is 319 g/mol. The molecule has 1 aliphatic rings. The fourth-order valence-electron chi connectivity index (χ4n) is 2.03. The van der Waals surface area contributed by atoms with Gasteiger partial charge in [0.15, 0.2) is 0 Å². The van der Waals surface area contributed by atoms with Crippen LogP contribution in [-0.2, 0) is 14.3 Å². The van der Waals surface area contributed by atoms with Gasteiger partial charge in [0.05, 0.1) is 0 Å². The van der Waals surface area contributed by atoms with E-state index in [9.17, 15) is 18.0 Å². The highest BCUT2D eigenvalue weighted by Crippen LogP contribution is 2.31. The first kappa shape index (κ1) is 18.0. The highest BCUT2D eigenvalue weighted by molar-refractivity contribution is 5.82.